The number of likely N-dealkylation sites (tertiary alicyclic amines) is 1. The van der Waals surface area contributed by atoms with E-state index in [1.165, 1.54) is 0 Å². The number of carbonyl (C=O) groups is 5. The molecule has 0 aliphatic carbocycles. The van der Waals surface area contributed by atoms with Gasteiger partial charge < -0.3 is 26.6 Å². The highest BCUT2D eigenvalue weighted by molar-refractivity contribution is 8.21. The van der Waals surface area contributed by atoms with Crippen molar-refractivity contribution in [3.63, 3.8) is 0 Å². The van der Waals surface area contributed by atoms with Crippen molar-refractivity contribution in [3.8, 4) is 0 Å². The van der Waals surface area contributed by atoms with Gasteiger partial charge in [-0.15, -0.1) is 23.5 Å². The van der Waals surface area contributed by atoms with Crippen LogP contribution in [-0.2, 0) is 19.2 Å². The lowest BCUT2D eigenvalue weighted by Gasteiger charge is -2.36. The van der Waals surface area contributed by atoms with Crippen LogP contribution in [0.15, 0.2) is 30.3 Å². The number of carbonyl (C=O) groups excluding carboxylic acids is 5. The summed E-state index contributed by atoms with van der Waals surface area (Å²) in [5.74, 6) is -0.652. The Morgan fingerprint density at radius 3 is 2.36 bits per heavy atom. The van der Waals surface area contributed by atoms with Crippen molar-refractivity contribution in [1.29, 1.82) is 0 Å². The second-order valence-corrected chi connectivity index (χ2v) is 14.6. The maximum absolute atomic E-state index is 14.1. The van der Waals surface area contributed by atoms with E-state index in [2.05, 4.69) is 16.0 Å². The summed E-state index contributed by atoms with van der Waals surface area (Å²) in [4.78, 5) is 66.7. The molecular weight excluding hydrogens is 538 g/mol. The third-order valence-electron chi connectivity index (χ3n) is 7.46. The molecule has 0 saturated carbocycles. The molecule has 0 aromatic heterocycles. The van der Waals surface area contributed by atoms with E-state index in [0.29, 0.717) is 31.5 Å². The second-order valence-electron chi connectivity index (χ2n) is 11.4. The van der Waals surface area contributed by atoms with Gasteiger partial charge in [0.05, 0.1) is 4.08 Å². The minimum Gasteiger partial charge on any atom is -0.368 e. The molecule has 3 heterocycles. The third kappa shape index (κ3) is 6.71. The number of benzene rings is 1. The maximum Gasteiger partial charge on any atom is 0.251 e. The molecule has 1 aromatic rings. The van der Waals surface area contributed by atoms with Gasteiger partial charge in [0.2, 0.25) is 23.6 Å². The Morgan fingerprint density at radius 1 is 1.13 bits per heavy atom. The molecule has 39 heavy (non-hydrogen) atoms. The molecule has 0 bridgehead atoms. The maximum atomic E-state index is 14.1. The van der Waals surface area contributed by atoms with E-state index >= 15 is 0 Å². The van der Waals surface area contributed by atoms with Gasteiger partial charge >= 0.3 is 0 Å². The van der Waals surface area contributed by atoms with Crippen molar-refractivity contribution in [2.75, 3.05) is 24.6 Å². The normalized spacial score (nSPS) is 23.8. The van der Waals surface area contributed by atoms with Crippen molar-refractivity contribution >= 4 is 53.1 Å². The molecule has 3 aliphatic rings. The predicted molar refractivity (Wildman–Crippen MR) is 152 cm³/mol. The fourth-order valence-corrected chi connectivity index (χ4v) is 8.55. The van der Waals surface area contributed by atoms with Gasteiger partial charge in [-0.1, -0.05) is 39.0 Å². The molecule has 3 aliphatic heterocycles. The molecule has 12 heteroatoms. The van der Waals surface area contributed by atoms with Gasteiger partial charge in [0, 0.05) is 42.5 Å². The van der Waals surface area contributed by atoms with Crippen LogP contribution < -0.4 is 21.7 Å². The summed E-state index contributed by atoms with van der Waals surface area (Å²) in [6.45, 7) is 6.48. The Labute approximate surface area is 237 Å². The fourth-order valence-electron chi connectivity index (χ4n) is 5.30. The SMILES string of the molecule is CC(C)(C)[C@H](NC(=O)c1ccccc1)C(=O)N1CC2(C[C@H]1C(=O)N[C@@H](C[C@@H]1CCNC1=O)C(N)=O)SCCS2. The van der Waals surface area contributed by atoms with Crippen molar-refractivity contribution in [2.24, 2.45) is 17.1 Å². The average Bonchev–Trinajstić information content (AvgIpc) is 3.62. The van der Waals surface area contributed by atoms with Crippen LogP contribution in [0.5, 0.6) is 0 Å². The van der Waals surface area contributed by atoms with Crippen LogP contribution in [0.2, 0.25) is 0 Å². The highest BCUT2D eigenvalue weighted by Gasteiger charge is 2.53. The van der Waals surface area contributed by atoms with Crippen LogP contribution in [0, 0.1) is 11.3 Å². The van der Waals surface area contributed by atoms with E-state index in [0.717, 1.165) is 11.5 Å². The first-order chi connectivity index (χ1) is 18.4. The third-order valence-corrected chi connectivity index (χ3v) is 10.9. The van der Waals surface area contributed by atoms with Gasteiger partial charge in [-0.2, -0.15) is 0 Å². The van der Waals surface area contributed by atoms with Crippen LogP contribution in [0.3, 0.4) is 0 Å². The zero-order valence-electron chi connectivity index (χ0n) is 22.5. The summed E-state index contributed by atoms with van der Waals surface area (Å²) in [6.07, 6.45) is 1.09. The standard InChI is InChI=1S/C27H37N5O5S2/c1-26(2,3)20(31-23(35)16-7-5-4-6-8-16)25(37)32-15-27(38-11-12-39-27)14-19(32)24(36)30-18(21(28)33)13-17-9-10-29-22(17)34/h4-8,17-20H,9-15H2,1-3H3,(H2,28,33)(H,29,34)(H,30,36)(H,31,35)/t17-,18-,19-,20+/m0/s1. The van der Waals surface area contributed by atoms with Gasteiger partial charge in [0.25, 0.3) is 5.91 Å². The Morgan fingerprint density at radius 2 is 1.79 bits per heavy atom. The van der Waals surface area contributed by atoms with Gasteiger partial charge in [-0.3, -0.25) is 24.0 Å². The van der Waals surface area contributed by atoms with Gasteiger partial charge in [0.1, 0.15) is 18.1 Å². The molecule has 0 unspecified atom stereocenters. The lowest BCUT2D eigenvalue weighted by molar-refractivity contribution is -0.142. The van der Waals surface area contributed by atoms with Crippen LogP contribution >= 0.6 is 23.5 Å². The number of amides is 5. The average molecular weight is 576 g/mol. The smallest absolute Gasteiger partial charge is 0.251 e. The van der Waals surface area contributed by atoms with E-state index in [4.69, 9.17) is 5.73 Å². The molecule has 4 atom stereocenters. The van der Waals surface area contributed by atoms with Crippen LogP contribution in [-0.4, -0.2) is 81.2 Å². The van der Waals surface area contributed by atoms with Gasteiger partial charge in [-0.25, -0.2) is 0 Å². The number of thioether (sulfide) groups is 2. The van der Waals surface area contributed by atoms with E-state index in [1.807, 2.05) is 26.8 Å². The molecular formula is C27H37N5O5S2. The first-order valence-corrected chi connectivity index (χ1v) is 15.2. The summed E-state index contributed by atoms with van der Waals surface area (Å²) in [5, 5.41) is 8.39. The number of hydrogen-bond donors (Lipinski definition) is 4. The van der Waals surface area contributed by atoms with Crippen molar-refractivity contribution in [3.05, 3.63) is 35.9 Å². The monoisotopic (exact) mass is 575 g/mol. The predicted octanol–water partition coefficient (Wildman–Crippen LogP) is 1.10. The summed E-state index contributed by atoms with van der Waals surface area (Å²) in [5.41, 5.74) is 5.41. The lowest BCUT2D eigenvalue weighted by Crippen LogP contribution is -2.59. The van der Waals surface area contributed by atoms with E-state index < -0.39 is 41.3 Å². The largest absolute Gasteiger partial charge is 0.368 e. The first kappa shape index (κ1) is 29.3. The molecule has 3 fully saturated rings. The van der Waals surface area contributed by atoms with E-state index in [1.54, 1.807) is 52.7 Å². The number of hydrogen-bond acceptors (Lipinski definition) is 7. The highest BCUT2D eigenvalue weighted by Crippen LogP contribution is 2.52. The molecule has 0 radical (unpaired) electrons. The lowest BCUT2D eigenvalue weighted by atomic mass is 9.85. The van der Waals surface area contributed by atoms with Crippen molar-refractivity contribution in [2.45, 2.75) is 62.2 Å². The first-order valence-electron chi connectivity index (χ1n) is 13.2. The summed E-state index contributed by atoms with van der Waals surface area (Å²) in [7, 11) is 0. The summed E-state index contributed by atoms with van der Waals surface area (Å²) in [6, 6.07) is 5.93. The molecule has 5 amide bonds. The minimum absolute atomic E-state index is 0.111. The molecule has 5 N–H and O–H groups in total. The Balaban J connectivity index is 1.56. The minimum atomic E-state index is -1.03. The number of rotatable bonds is 8. The number of nitrogens with zero attached hydrogens (tertiary/aromatic N) is 1. The molecule has 1 spiro atoms. The van der Waals surface area contributed by atoms with E-state index in [-0.39, 0.29) is 28.2 Å². The quantitative estimate of drug-likeness (QED) is 0.363. The molecule has 212 valence electrons. The number of nitrogens with one attached hydrogen (secondary N) is 3. The van der Waals surface area contributed by atoms with Gasteiger partial charge in [0.15, 0.2) is 0 Å². The Hall–Kier alpha value is -2.73. The zero-order chi connectivity index (χ0) is 28.4. The topological polar surface area (TPSA) is 151 Å². The van der Waals surface area contributed by atoms with Crippen molar-refractivity contribution in [1.82, 2.24) is 20.9 Å². The molecule has 3 saturated heterocycles. The van der Waals surface area contributed by atoms with Gasteiger partial charge in [-0.05, 0) is 30.4 Å². The number of primary amides is 1. The molecule has 10 nitrogen and oxygen atoms in total. The second kappa shape index (κ2) is 11.8. The summed E-state index contributed by atoms with van der Waals surface area (Å²) >= 11 is 3.47. The van der Waals surface area contributed by atoms with Crippen LogP contribution in [0.25, 0.3) is 0 Å². The number of nitrogens with two attached hydrogens (primary N) is 1. The molecule has 1 aromatic carbocycles. The van der Waals surface area contributed by atoms with Crippen LogP contribution in [0.4, 0.5) is 0 Å². The zero-order valence-corrected chi connectivity index (χ0v) is 24.2. The Kier molecular flexibility index (Phi) is 8.85. The Bertz CT molecular complexity index is 1120. The van der Waals surface area contributed by atoms with Crippen LogP contribution in [0.1, 0.15) is 50.4 Å². The van der Waals surface area contributed by atoms with E-state index in [9.17, 15) is 24.0 Å². The molecule has 4 rings (SSSR count). The van der Waals surface area contributed by atoms with Crippen molar-refractivity contribution < 1.29 is 24.0 Å². The highest BCUT2D eigenvalue weighted by atomic mass is 32.2. The summed E-state index contributed by atoms with van der Waals surface area (Å²) < 4.78 is -0.336. The fraction of sp³-hybridized carbons (Fsp3) is 0.593.